The Balaban J connectivity index is 2.03. The summed E-state index contributed by atoms with van der Waals surface area (Å²) in [5.41, 5.74) is 1.28. The van der Waals surface area contributed by atoms with Crippen molar-refractivity contribution >= 4 is 27.4 Å². The number of benzene rings is 1. The summed E-state index contributed by atoms with van der Waals surface area (Å²) in [4.78, 5) is 11.7. The highest BCUT2D eigenvalue weighted by Crippen LogP contribution is 2.24. The minimum Gasteiger partial charge on any atom is -0.335 e. The number of sulfonamides is 1. The first kappa shape index (κ1) is 16.6. The van der Waals surface area contributed by atoms with Crippen molar-refractivity contribution < 1.29 is 13.2 Å². The van der Waals surface area contributed by atoms with Crippen molar-refractivity contribution in [1.82, 2.24) is 5.32 Å². The highest BCUT2D eigenvalue weighted by Gasteiger charge is 2.25. The molecule has 2 N–H and O–H groups in total. The van der Waals surface area contributed by atoms with Gasteiger partial charge in [-0.05, 0) is 50.5 Å². The number of carbonyl (C=O) groups excluding carboxylic acids is 1. The first-order chi connectivity index (χ1) is 10.4. The Hall–Kier alpha value is -1.76. The highest BCUT2D eigenvalue weighted by atomic mass is 32.2. The summed E-state index contributed by atoms with van der Waals surface area (Å²) in [7, 11) is -3.20. The third kappa shape index (κ3) is 4.13. The molecule has 1 atom stereocenters. The van der Waals surface area contributed by atoms with Crippen LogP contribution in [-0.2, 0) is 10.0 Å². The van der Waals surface area contributed by atoms with Gasteiger partial charge < -0.3 is 10.6 Å². The van der Waals surface area contributed by atoms with Crippen LogP contribution in [0.25, 0.3) is 0 Å². The van der Waals surface area contributed by atoms with E-state index in [1.165, 1.54) is 4.31 Å². The SMILES string of the molecule is CCC(C)NC(=O)Nc1ccc(N2CCCCS2(=O)=O)cc1. The van der Waals surface area contributed by atoms with Gasteiger partial charge in [0.05, 0.1) is 11.4 Å². The van der Waals surface area contributed by atoms with Crippen molar-refractivity contribution in [2.45, 2.75) is 39.2 Å². The lowest BCUT2D eigenvalue weighted by atomic mass is 10.2. The minimum atomic E-state index is -3.20. The average Bonchev–Trinajstić information content (AvgIpc) is 2.47. The smallest absolute Gasteiger partial charge is 0.319 e. The number of urea groups is 1. The Morgan fingerprint density at radius 3 is 2.55 bits per heavy atom. The zero-order valence-corrected chi connectivity index (χ0v) is 13.8. The Bertz CT molecular complexity index is 613. The molecule has 0 aromatic heterocycles. The van der Waals surface area contributed by atoms with Crippen molar-refractivity contribution in [2.24, 2.45) is 0 Å². The molecule has 22 heavy (non-hydrogen) atoms. The topological polar surface area (TPSA) is 78.5 Å². The van der Waals surface area contributed by atoms with Gasteiger partial charge in [-0.2, -0.15) is 0 Å². The van der Waals surface area contributed by atoms with E-state index in [2.05, 4.69) is 10.6 Å². The molecule has 0 aliphatic carbocycles. The predicted octanol–water partition coefficient (Wildman–Crippen LogP) is 2.54. The monoisotopic (exact) mass is 325 g/mol. The van der Waals surface area contributed by atoms with E-state index in [1.54, 1.807) is 24.3 Å². The number of nitrogens with zero attached hydrogens (tertiary/aromatic N) is 1. The number of carbonyl (C=O) groups is 1. The quantitative estimate of drug-likeness (QED) is 0.893. The van der Waals surface area contributed by atoms with E-state index in [0.717, 1.165) is 12.8 Å². The van der Waals surface area contributed by atoms with Gasteiger partial charge in [0.25, 0.3) is 0 Å². The number of anilines is 2. The number of hydrogen-bond donors (Lipinski definition) is 2. The first-order valence-corrected chi connectivity index (χ1v) is 9.21. The fourth-order valence-electron chi connectivity index (χ4n) is 2.28. The van der Waals surface area contributed by atoms with E-state index in [9.17, 15) is 13.2 Å². The number of amides is 2. The standard InChI is InChI=1S/C15H23N3O3S/c1-3-12(2)16-15(19)17-13-6-8-14(9-7-13)18-10-4-5-11-22(18,20)21/h6-9,12H,3-5,10-11H2,1-2H3,(H2,16,17,19). The van der Waals surface area contributed by atoms with Crippen LogP contribution >= 0.6 is 0 Å². The van der Waals surface area contributed by atoms with E-state index in [1.807, 2.05) is 13.8 Å². The Morgan fingerprint density at radius 1 is 1.27 bits per heavy atom. The summed E-state index contributed by atoms with van der Waals surface area (Å²) in [6, 6.07) is 6.74. The molecule has 1 unspecified atom stereocenters. The lowest BCUT2D eigenvalue weighted by molar-refractivity contribution is 0.249. The van der Waals surface area contributed by atoms with Gasteiger partial charge >= 0.3 is 6.03 Å². The second kappa shape index (κ2) is 7.00. The van der Waals surface area contributed by atoms with Gasteiger partial charge in [0.15, 0.2) is 0 Å². The molecule has 1 aromatic carbocycles. The van der Waals surface area contributed by atoms with Gasteiger partial charge in [-0.25, -0.2) is 13.2 Å². The molecule has 0 saturated carbocycles. The lowest BCUT2D eigenvalue weighted by Crippen LogP contribution is -2.37. The summed E-state index contributed by atoms with van der Waals surface area (Å²) < 4.78 is 25.5. The Kier molecular flexibility index (Phi) is 5.28. The number of nitrogens with one attached hydrogen (secondary N) is 2. The molecule has 2 amide bonds. The van der Waals surface area contributed by atoms with Crippen LogP contribution in [0.1, 0.15) is 33.1 Å². The van der Waals surface area contributed by atoms with Crippen LogP contribution < -0.4 is 14.9 Å². The van der Waals surface area contributed by atoms with Crippen molar-refractivity contribution in [2.75, 3.05) is 21.9 Å². The zero-order chi connectivity index (χ0) is 16.2. The van der Waals surface area contributed by atoms with E-state index >= 15 is 0 Å². The third-order valence-corrected chi connectivity index (χ3v) is 5.62. The van der Waals surface area contributed by atoms with Crippen LogP contribution in [-0.4, -0.2) is 32.8 Å². The number of hydrogen-bond acceptors (Lipinski definition) is 3. The molecule has 122 valence electrons. The summed E-state index contributed by atoms with van der Waals surface area (Å²) >= 11 is 0. The molecule has 1 aliphatic rings. The van der Waals surface area contributed by atoms with E-state index in [0.29, 0.717) is 24.3 Å². The molecule has 6 nitrogen and oxygen atoms in total. The zero-order valence-electron chi connectivity index (χ0n) is 13.0. The summed E-state index contributed by atoms with van der Waals surface area (Å²) in [5.74, 6) is 0.199. The number of rotatable bonds is 4. The molecule has 0 spiro atoms. The van der Waals surface area contributed by atoms with Gasteiger partial charge in [-0.3, -0.25) is 4.31 Å². The fourth-order valence-corrected chi connectivity index (χ4v) is 3.92. The molecule has 2 rings (SSSR count). The minimum absolute atomic E-state index is 0.109. The van der Waals surface area contributed by atoms with Crippen molar-refractivity contribution in [1.29, 1.82) is 0 Å². The maximum absolute atomic E-state index is 12.0. The average molecular weight is 325 g/mol. The van der Waals surface area contributed by atoms with Crippen LogP contribution in [0.3, 0.4) is 0 Å². The normalized spacial score (nSPS) is 18.5. The molecule has 0 radical (unpaired) electrons. The van der Waals surface area contributed by atoms with Crippen LogP contribution in [0.5, 0.6) is 0 Å². The van der Waals surface area contributed by atoms with Crippen LogP contribution in [0.2, 0.25) is 0 Å². The molecule has 7 heteroatoms. The fraction of sp³-hybridized carbons (Fsp3) is 0.533. The summed E-state index contributed by atoms with van der Waals surface area (Å²) in [6.45, 7) is 4.45. The van der Waals surface area contributed by atoms with Gasteiger partial charge in [-0.1, -0.05) is 6.92 Å². The summed E-state index contributed by atoms with van der Waals surface area (Å²) in [5, 5.41) is 5.55. The highest BCUT2D eigenvalue weighted by molar-refractivity contribution is 7.92. The van der Waals surface area contributed by atoms with Crippen molar-refractivity contribution in [3.8, 4) is 0 Å². The lowest BCUT2D eigenvalue weighted by Gasteiger charge is -2.28. The predicted molar refractivity (Wildman–Crippen MR) is 88.7 cm³/mol. The van der Waals surface area contributed by atoms with Crippen molar-refractivity contribution in [3.63, 3.8) is 0 Å². The molecule has 0 bridgehead atoms. The van der Waals surface area contributed by atoms with E-state index in [4.69, 9.17) is 0 Å². The van der Waals surface area contributed by atoms with Crippen LogP contribution in [0.15, 0.2) is 24.3 Å². The Labute approximate surface area is 131 Å². The molecular formula is C15H23N3O3S. The van der Waals surface area contributed by atoms with Crippen molar-refractivity contribution in [3.05, 3.63) is 24.3 Å². The van der Waals surface area contributed by atoms with Crippen LogP contribution in [0, 0.1) is 0 Å². The molecule has 1 fully saturated rings. The second-order valence-electron chi connectivity index (χ2n) is 5.55. The second-order valence-corrected chi connectivity index (χ2v) is 7.56. The molecule has 1 aromatic rings. The van der Waals surface area contributed by atoms with Gasteiger partial charge in [-0.15, -0.1) is 0 Å². The molecule has 1 heterocycles. The van der Waals surface area contributed by atoms with Gasteiger partial charge in [0.1, 0.15) is 0 Å². The molecular weight excluding hydrogens is 302 g/mol. The van der Waals surface area contributed by atoms with E-state index in [-0.39, 0.29) is 17.8 Å². The Morgan fingerprint density at radius 2 is 1.95 bits per heavy atom. The maximum atomic E-state index is 12.0. The van der Waals surface area contributed by atoms with Gasteiger partial charge in [0, 0.05) is 18.3 Å². The largest absolute Gasteiger partial charge is 0.335 e. The maximum Gasteiger partial charge on any atom is 0.319 e. The van der Waals surface area contributed by atoms with Gasteiger partial charge in [0.2, 0.25) is 10.0 Å². The summed E-state index contributed by atoms with van der Waals surface area (Å²) in [6.07, 6.45) is 2.45. The molecule has 1 aliphatic heterocycles. The van der Waals surface area contributed by atoms with Crippen LogP contribution in [0.4, 0.5) is 16.2 Å². The van der Waals surface area contributed by atoms with E-state index < -0.39 is 10.0 Å². The third-order valence-electron chi connectivity index (χ3n) is 3.75. The molecule has 1 saturated heterocycles. The first-order valence-electron chi connectivity index (χ1n) is 7.60.